The molecule has 2 aromatic rings. The maximum Gasteiger partial charge on any atom is 0.203 e. The first-order chi connectivity index (χ1) is 11.7. The first-order valence-electron chi connectivity index (χ1n) is 7.90. The van der Waals surface area contributed by atoms with E-state index in [0.717, 1.165) is 22.3 Å². The van der Waals surface area contributed by atoms with Crippen molar-refractivity contribution in [2.24, 2.45) is 0 Å². The number of methoxy groups -OCH3 is 2. The van der Waals surface area contributed by atoms with E-state index >= 15 is 0 Å². The van der Waals surface area contributed by atoms with E-state index in [4.69, 9.17) is 14.2 Å². The summed E-state index contributed by atoms with van der Waals surface area (Å²) >= 11 is 0. The number of rotatable bonds is 5. The Labute approximate surface area is 141 Å². The van der Waals surface area contributed by atoms with Gasteiger partial charge in [0.1, 0.15) is 0 Å². The molecule has 4 nitrogen and oxygen atoms in total. The molecule has 124 valence electrons. The normalized spacial score (nSPS) is 14.6. The highest BCUT2D eigenvalue weighted by Crippen LogP contribution is 2.39. The number of fused-ring (bicyclic) bond motifs is 1. The topological polar surface area (TPSA) is 44.8 Å². The van der Waals surface area contributed by atoms with Gasteiger partial charge in [0.05, 0.1) is 20.8 Å². The molecule has 0 fully saturated rings. The Kier molecular flexibility index (Phi) is 4.56. The van der Waals surface area contributed by atoms with Gasteiger partial charge >= 0.3 is 0 Å². The molecule has 0 aliphatic heterocycles. The number of hydrogen-bond donors (Lipinski definition) is 0. The Bertz CT molecular complexity index is 780. The molecule has 4 heteroatoms. The average molecular weight is 324 g/mol. The van der Waals surface area contributed by atoms with Crippen LogP contribution in [0.25, 0.3) is 6.08 Å². The lowest BCUT2D eigenvalue weighted by atomic mass is 10.1. The van der Waals surface area contributed by atoms with E-state index in [0.29, 0.717) is 30.3 Å². The number of benzene rings is 2. The van der Waals surface area contributed by atoms with Gasteiger partial charge in [-0.05, 0) is 36.3 Å². The molecule has 0 saturated carbocycles. The van der Waals surface area contributed by atoms with E-state index < -0.39 is 0 Å². The second kappa shape index (κ2) is 6.79. The SMILES string of the molecule is CCOc1c(OC)cc(C=C2Cc3ccccc3C2=O)cc1OC. The van der Waals surface area contributed by atoms with Crippen LogP contribution >= 0.6 is 0 Å². The van der Waals surface area contributed by atoms with E-state index in [9.17, 15) is 4.79 Å². The highest BCUT2D eigenvalue weighted by atomic mass is 16.5. The third-order valence-corrected chi connectivity index (χ3v) is 4.05. The van der Waals surface area contributed by atoms with Crippen LogP contribution in [0.5, 0.6) is 17.2 Å². The predicted molar refractivity (Wildman–Crippen MR) is 93.2 cm³/mol. The van der Waals surface area contributed by atoms with Gasteiger partial charge in [-0.15, -0.1) is 0 Å². The summed E-state index contributed by atoms with van der Waals surface area (Å²) in [6, 6.07) is 11.4. The van der Waals surface area contributed by atoms with E-state index in [1.165, 1.54) is 0 Å². The van der Waals surface area contributed by atoms with Gasteiger partial charge in [-0.1, -0.05) is 24.3 Å². The maximum atomic E-state index is 12.5. The zero-order chi connectivity index (χ0) is 17.1. The molecule has 0 N–H and O–H groups in total. The summed E-state index contributed by atoms with van der Waals surface area (Å²) in [5.74, 6) is 1.83. The molecule has 2 aromatic carbocycles. The summed E-state index contributed by atoms with van der Waals surface area (Å²) in [4.78, 5) is 12.5. The second-order valence-corrected chi connectivity index (χ2v) is 5.52. The fourth-order valence-electron chi connectivity index (χ4n) is 2.94. The molecule has 0 spiro atoms. The van der Waals surface area contributed by atoms with Crippen molar-refractivity contribution >= 4 is 11.9 Å². The van der Waals surface area contributed by atoms with Crippen molar-refractivity contribution in [3.63, 3.8) is 0 Å². The zero-order valence-electron chi connectivity index (χ0n) is 14.1. The number of allylic oxidation sites excluding steroid dienone is 1. The quantitative estimate of drug-likeness (QED) is 0.782. The molecule has 0 heterocycles. The smallest absolute Gasteiger partial charge is 0.203 e. The van der Waals surface area contributed by atoms with Crippen molar-refractivity contribution in [1.82, 2.24) is 0 Å². The molecule has 3 rings (SSSR count). The standard InChI is InChI=1S/C20H20O4/c1-4-24-20-17(22-2)10-13(11-18(20)23-3)9-15-12-14-7-5-6-8-16(14)19(15)21/h5-11H,4,12H2,1-3H3. The number of carbonyl (C=O) groups excluding carboxylic acids is 1. The lowest BCUT2D eigenvalue weighted by Crippen LogP contribution is -2.00. The molecule has 0 unspecified atom stereocenters. The molecule has 0 bridgehead atoms. The Morgan fingerprint density at radius 2 is 1.75 bits per heavy atom. The minimum Gasteiger partial charge on any atom is -0.493 e. The summed E-state index contributed by atoms with van der Waals surface area (Å²) in [5.41, 5.74) is 3.47. The van der Waals surface area contributed by atoms with Crippen molar-refractivity contribution in [2.75, 3.05) is 20.8 Å². The van der Waals surface area contributed by atoms with Crippen LogP contribution in [0.3, 0.4) is 0 Å². The fraction of sp³-hybridized carbons (Fsp3) is 0.250. The van der Waals surface area contributed by atoms with Gasteiger partial charge in [0.2, 0.25) is 5.75 Å². The van der Waals surface area contributed by atoms with E-state index in [2.05, 4.69) is 0 Å². The summed E-state index contributed by atoms with van der Waals surface area (Å²) in [6.07, 6.45) is 2.54. The first kappa shape index (κ1) is 16.1. The van der Waals surface area contributed by atoms with Gasteiger partial charge in [-0.25, -0.2) is 0 Å². The molecule has 0 atom stereocenters. The van der Waals surface area contributed by atoms with Crippen LogP contribution in [-0.2, 0) is 6.42 Å². The summed E-state index contributed by atoms with van der Waals surface area (Å²) in [7, 11) is 3.18. The lowest BCUT2D eigenvalue weighted by molar-refractivity contribution is 0.104. The molecule has 0 radical (unpaired) electrons. The van der Waals surface area contributed by atoms with Gasteiger partial charge < -0.3 is 14.2 Å². The largest absolute Gasteiger partial charge is 0.493 e. The second-order valence-electron chi connectivity index (χ2n) is 5.52. The van der Waals surface area contributed by atoms with Crippen LogP contribution in [0.2, 0.25) is 0 Å². The Morgan fingerprint density at radius 1 is 1.08 bits per heavy atom. The highest BCUT2D eigenvalue weighted by Gasteiger charge is 2.24. The Balaban J connectivity index is 2.01. The van der Waals surface area contributed by atoms with Gasteiger partial charge in [0.25, 0.3) is 0 Å². The van der Waals surface area contributed by atoms with Crippen LogP contribution in [0, 0.1) is 0 Å². The van der Waals surface area contributed by atoms with Crippen molar-refractivity contribution in [3.8, 4) is 17.2 Å². The third-order valence-electron chi connectivity index (χ3n) is 4.05. The molecule has 0 amide bonds. The number of carbonyl (C=O) groups is 1. The number of hydrogen-bond acceptors (Lipinski definition) is 4. The molecular formula is C20H20O4. The van der Waals surface area contributed by atoms with Gasteiger partial charge in [0.15, 0.2) is 17.3 Å². The predicted octanol–water partition coefficient (Wildman–Crippen LogP) is 3.92. The van der Waals surface area contributed by atoms with E-state index in [1.807, 2.05) is 49.4 Å². The van der Waals surface area contributed by atoms with E-state index in [1.54, 1.807) is 14.2 Å². The number of Topliss-reactive ketones (excluding diaryl/α,β-unsaturated/α-hetero) is 1. The monoisotopic (exact) mass is 324 g/mol. The summed E-state index contributed by atoms with van der Waals surface area (Å²) in [6.45, 7) is 2.42. The highest BCUT2D eigenvalue weighted by molar-refractivity contribution is 6.15. The minimum absolute atomic E-state index is 0.0809. The number of ether oxygens (including phenoxy) is 3. The molecule has 24 heavy (non-hydrogen) atoms. The van der Waals surface area contributed by atoms with E-state index in [-0.39, 0.29) is 5.78 Å². The third kappa shape index (κ3) is 2.87. The minimum atomic E-state index is 0.0809. The van der Waals surface area contributed by atoms with Crippen molar-refractivity contribution in [1.29, 1.82) is 0 Å². The van der Waals surface area contributed by atoms with Gasteiger partial charge in [-0.2, -0.15) is 0 Å². The molecule has 0 saturated heterocycles. The molecule has 1 aliphatic rings. The van der Waals surface area contributed by atoms with Gasteiger partial charge in [-0.3, -0.25) is 4.79 Å². The van der Waals surface area contributed by atoms with Crippen LogP contribution in [-0.4, -0.2) is 26.6 Å². The average Bonchev–Trinajstić information content (AvgIpc) is 2.92. The summed E-state index contributed by atoms with van der Waals surface area (Å²) in [5, 5.41) is 0. The first-order valence-corrected chi connectivity index (χ1v) is 7.90. The molecule has 1 aliphatic carbocycles. The van der Waals surface area contributed by atoms with Crippen LogP contribution in [0.1, 0.15) is 28.4 Å². The lowest BCUT2D eigenvalue weighted by Gasteiger charge is -2.14. The van der Waals surface area contributed by atoms with Crippen LogP contribution < -0.4 is 14.2 Å². The van der Waals surface area contributed by atoms with Gasteiger partial charge in [0, 0.05) is 17.6 Å². The Morgan fingerprint density at radius 3 is 2.33 bits per heavy atom. The molecule has 0 aromatic heterocycles. The van der Waals surface area contributed by atoms with Crippen LogP contribution in [0.15, 0.2) is 42.0 Å². The molecular weight excluding hydrogens is 304 g/mol. The zero-order valence-corrected chi connectivity index (χ0v) is 14.1. The van der Waals surface area contributed by atoms with Crippen molar-refractivity contribution < 1.29 is 19.0 Å². The number of ketones is 1. The maximum absolute atomic E-state index is 12.5. The van der Waals surface area contributed by atoms with Crippen molar-refractivity contribution in [2.45, 2.75) is 13.3 Å². The fourth-order valence-corrected chi connectivity index (χ4v) is 2.94. The Hall–Kier alpha value is -2.75. The van der Waals surface area contributed by atoms with Crippen molar-refractivity contribution in [3.05, 3.63) is 58.7 Å². The van der Waals surface area contributed by atoms with Crippen LogP contribution in [0.4, 0.5) is 0 Å². The summed E-state index contributed by atoms with van der Waals surface area (Å²) < 4.78 is 16.4.